The van der Waals surface area contributed by atoms with Crippen molar-refractivity contribution in [3.05, 3.63) is 0 Å². The molecule has 1 fully saturated rings. The number of methoxy groups -OCH3 is 1. The number of morpholine rings is 1. The zero-order valence-corrected chi connectivity index (χ0v) is 9.06. The normalized spacial score (nSPS) is 24.3. The lowest BCUT2D eigenvalue weighted by molar-refractivity contribution is 0.00215. The van der Waals surface area contributed by atoms with Gasteiger partial charge in [0.25, 0.3) is 0 Å². The predicted molar refractivity (Wildman–Crippen MR) is 56.1 cm³/mol. The van der Waals surface area contributed by atoms with Crippen molar-refractivity contribution in [1.29, 1.82) is 0 Å². The molecule has 1 heterocycles. The average Bonchev–Trinajstić information content (AvgIpc) is 2.29. The highest BCUT2D eigenvalue weighted by molar-refractivity contribution is 5.84. The molecule has 88 valence electrons. The van der Waals surface area contributed by atoms with Crippen molar-refractivity contribution < 1.29 is 14.7 Å². The molecule has 0 aliphatic carbocycles. The van der Waals surface area contributed by atoms with E-state index in [-0.39, 0.29) is 11.9 Å². The van der Waals surface area contributed by atoms with Gasteiger partial charge in [-0.3, -0.25) is 4.90 Å². The van der Waals surface area contributed by atoms with Gasteiger partial charge in [-0.25, -0.2) is 0 Å². The number of rotatable bonds is 5. The summed E-state index contributed by atoms with van der Waals surface area (Å²) >= 11 is 0. The van der Waals surface area contributed by atoms with Gasteiger partial charge in [-0.2, -0.15) is 0 Å². The highest BCUT2D eigenvalue weighted by atomic mass is 16.5. The predicted octanol–water partition coefficient (Wildman–Crippen LogP) is -0.530. The number of oxime groups is 1. The fourth-order valence-electron chi connectivity index (χ4n) is 1.58. The molecule has 0 spiro atoms. The summed E-state index contributed by atoms with van der Waals surface area (Å²) < 4.78 is 10.4. The lowest BCUT2D eigenvalue weighted by Gasteiger charge is -2.31. The van der Waals surface area contributed by atoms with E-state index in [1.807, 2.05) is 0 Å². The topological polar surface area (TPSA) is 80.3 Å². The number of ether oxygens (including phenoxy) is 2. The minimum atomic E-state index is -0.286. The molecule has 1 atom stereocenters. The van der Waals surface area contributed by atoms with E-state index < -0.39 is 0 Å². The van der Waals surface area contributed by atoms with Gasteiger partial charge in [0.2, 0.25) is 0 Å². The van der Waals surface area contributed by atoms with Gasteiger partial charge in [0.15, 0.2) is 5.84 Å². The molecule has 0 aromatic rings. The van der Waals surface area contributed by atoms with E-state index in [1.165, 1.54) is 0 Å². The van der Waals surface area contributed by atoms with Crippen molar-refractivity contribution in [2.24, 2.45) is 10.9 Å². The Kier molecular flexibility index (Phi) is 5.38. The highest BCUT2D eigenvalue weighted by Crippen LogP contribution is 2.05. The maximum Gasteiger partial charge on any atom is 0.169 e. The van der Waals surface area contributed by atoms with Gasteiger partial charge in [-0.1, -0.05) is 5.16 Å². The number of nitrogens with zero attached hydrogens (tertiary/aromatic N) is 2. The largest absolute Gasteiger partial charge is 0.409 e. The Hall–Kier alpha value is -0.850. The summed E-state index contributed by atoms with van der Waals surface area (Å²) in [5, 5.41) is 11.5. The molecule has 3 N–H and O–H groups in total. The van der Waals surface area contributed by atoms with E-state index in [4.69, 9.17) is 20.4 Å². The van der Waals surface area contributed by atoms with Crippen LogP contribution < -0.4 is 5.73 Å². The molecule has 1 unspecified atom stereocenters. The van der Waals surface area contributed by atoms with Crippen LogP contribution in [0.1, 0.15) is 6.42 Å². The molecular weight excluding hydrogens is 198 g/mol. The number of hydrogen-bond donors (Lipinski definition) is 2. The van der Waals surface area contributed by atoms with Crippen molar-refractivity contribution in [3.63, 3.8) is 0 Å². The van der Waals surface area contributed by atoms with Crippen molar-refractivity contribution in [3.8, 4) is 0 Å². The van der Waals surface area contributed by atoms with Crippen LogP contribution in [-0.2, 0) is 9.47 Å². The Bertz CT molecular complexity index is 211. The van der Waals surface area contributed by atoms with Crippen molar-refractivity contribution >= 4 is 5.84 Å². The molecule has 0 bridgehead atoms. The molecule has 1 aliphatic heterocycles. The first-order chi connectivity index (χ1) is 7.27. The van der Waals surface area contributed by atoms with Gasteiger partial charge in [-0.15, -0.1) is 0 Å². The standard InChI is InChI=1S/C9H19N3O3/c1-14-5-2-3-12-4-6-15-8(7-12)9(10)11-13/h8,13H,2-7H2,1H3,(H2,10,11). The van der Waals surface area contributed by atoms with Gasteiger partial charge < -0.3 is 20.4 Å². The Labute approximate surface area is 89.6 Å². The monoisotopic (exact) mass is 217 g/mol. The van der Waals surface area contributed by atoms with Crippen molar-refractivity contribution in [2.45, 2.75) is 12.5 Å². The molecular formula is C9H19N3O3. The fourth-order valence-corrected chi connectivity index (χ4v) is 1.58. The highest BCUT2D eigenvalue weighted by Gasteiger charge is 2.23. The van der Waals surface area contributed by atoms with Crippen molar-refractivity contribution in [1.82, 2.24) is 4.90 Å². The summed E-state index contributed by atoms with van der Waals surface area (Å²) in [6.45, 7) is 3.89. The van der Waals surface area contributed by atoms with E-state index in [0.29, 0.717) is 13.2 Å². The quantitative estimate of drug-likeness (QED) is 0.213. The van der Waals surface area contributed by atoms with Crippen molar-refractivity contribution in [2.75, 3.05) is 40.0 Å². The number of amidine groups is 1. The summed E-state index contributed by atoms with van der Waals surface area (Å²) in [7, 11) is 1.69. The molecule has 0 saturated carbocycles. The number of nitrogens with two attached hydrogens (primary N) is 1. The lowest BCUT2D eigenvalue weighted by atomic mass is 10.2. The van der Waals surface area contributed by atoms with Gasteiger partial charge >= 0.3 is 0 Å². The molecule has 15 heavy (non-hydrogen) atoms. The Morgan fingerprint density at radius 2 is 2.53 bits per heavy atom. The molecule has 1 aliphatic rings. The van der Waals surface area contributed by atoms with Crippen LogP contribution >= 0.6 is 0 Å². The van der Waals surface area contributed by atoms with Gasteiger partial charge in [-0.05, 0) is 6.42 Å². The van der Waals surface area contributed by atoms with Crippen LogP contribution in [0.15, 0.2) is 5.16 Å². The minimum absolute atomic E-state index is 0.145. The third-order valence-electron chi connectivity index (χ3n) is 2.42. The second-order valence-corrected chi connectivity index (χ2v) is 3.53. The van der Waals surface area contributed by atoms with E-state index in [0.717, 1.165) is 26.1 Å². The van der Waals surface area contributed by atoms with E-state index in [2.05, 4.69) is 10.1 Å². The maximum absolute atomic E-state index is 8.53. The van der Waals surface area contributed by atoms with Gasteiger partial charge in [0.05, 0.1) is 6.61 Å². The van der Waals surface area contributed by atoms with Crippen LogP contribution in [0.2, 0.25) is 0 Å². The van der Waals surface area contributed by atoms with Crippen LogP contribution in [0, 0.1) is 0 Å². The molecule has 1 saturated heterocycles. The van der Waals surface area contributed by atoms with Crippen LogP contribution in [0.5, 0.6) is 0 Å². The summed E-state index contributed by atoms with van der Waals surface area (Å²) in [5.41, 5.74) is 5.49. The van der Waals surface area contributed by atoms with E-state index >= 15 is 0 Å². The Morgan fingerprint density at radius 3 is 3.20 bits per heavy atom. The second kappa shape index (κ2) is 6.60. The molecule has 0 aromatic heterocycles. The second-order valence-electron chi connectivity index (χ2n) is 3.53. The molecule has 0 aromatic carbocycles. The molecule has 0 radical (unpaired) electrons. The molecule has 1 rings (SSSR count). The third-order valence-corrected chi connectivity index (χ3v) is 2.42. The van der Waals surface area contributed by atoms with Crippen LogP contribution in [0.3, 0.4) is 0 Å². The summed E-state index contributed by atoms with van der Waals surface area (Å²) in [6.07, 6.45) is 0.700. The molecule has 6 nitrogen and oxygen atoms in total. The smallest absolute Gasteiger partial charge is 0.169 e. The van der Waals surface area contributed by atoms with Gasteiger partial charge in [0, 0.05) is 33.4 Å². The SMILES string of the molecule is COCCCN1CCOC(C(N)=NO)C1. The van der Waals surface area contributed by atoms with Crippen LogP contribution in [0.25, 0.3) is 0 Å². The first kappa shape index (κ1) is 12.2. The van der Waals surface area contributed by atoms with E-state index in [1.54, 1.807) is 7.11 Å². The summed E-state index contributed by atoms with van der Waals surface area (Å²) in [6, 6.07) is 0. The fraction of sp³-hybridized carbons (Fsp3) is 0.889. The first-order valence-corrected chi connectivity index (χ1v) is 5.08. The Morgan fingerprint density at radius 1 is 1.73 bits per heavy atom. The maximum atomic E-state index is 8.53. The molecule has 0 amide bonds. The number of hydrogen-bond acceptors (Lipinski definition) is 5. The lowest BCUT2D eigenvalue weighted by Crippen LogP contribution is -2.48. The summed E-state index contributed by atoms with van der Waals surface area (Å²) in [5.74, 6) is 0.145. The van der Waals surface area contributed by atoms with Crippen LogP contribution in [0.4, 0.5) is 0 Å². The Balaban J connectivity index is 2.29. The van der Waals surface area contributed by atoms with Gasteiger partial charge in [0.1, 0.15) is 6.10 Å². The average molecular weight is 217 g/mol. The van der Waals surface area contributed by atoms with E-state index in [9.17, 15) is 0 Å². The first-order valence-electron chi connectivity index (χ1n) is 5.08. The minimum Gasteiger partial charge on any atom is -0.409 e. The zero-order valence-electron chi connectivity index (χ0n) is 9.06. The van der Waals surface area contributed by atoms with Crippen LogP contribution in [-0.4, -0.2) is 62.0 Å². The summed E-state index contributed by atoms with van der Waals surface area (Å²) in [4.78, 5) is 2.23. The third kappa shape index (κ3) is 4.03. The zero-order chi connectivity index (χ0) is 11.1. The molecule has 6 heteroatoms.